The monoisotopic (exact) mass is 592 g/mol. The molecule has 1 aromatic carbocycles. The first kappa shape index (κ1) is 36.9. The number of hydrogen-bond acceptors (Lipinski definition) is 5. The van der Waals surface area contributed by atoms with E-state index in [9.17, 15) is 18.2 Å². The first-order valence-corrected chi connectivity index (χ1v) is 15.0. The Morgan fingerprint density at radius 2 is 1.69 bits per heavy atom. The van der Waals surface area contributed by atoms with Crippen molar-refractivity contribution in [3.63, 3.8) is 0 Å². The molecular weight excluding hydrogens is 547 g/mol. The lowest BCUT2D eigenvalue weighted by Gasteiger charge is -2.25. The zero-order valence-electron chi connectivity index (χ0n) is 23.9. The van der Waals surface area contributed by atoms with Crippen molar-refractivity contribution in [3.05, 3.63) is 29.3 Å². The fraction of sp³-hybridized carbons (Fsp3) is 0.667. The van der Waals surface area contributed by atoms with Crippen LogP contribution in [0.25, 0.3) is 0 Å². The maximum absolute atomic E-state index is 12.0. The minimum absolute atomic E-state index is 0.0883. The van der Waals surface area contributed by atoms with Gasteiger partial charge in [-0.2, -0.15) is 0 Å². The van der Waals surface area contributed by atoms with Crippen molar-refractivity contribution in [1.29, 1.82) is 0 Å². The van der Waals surface area contributed by atoms with E-state index in [4.69, 9.17) is 21.1 Å². The maximum atomic E-state index is 12.0. The van der Waals surface area contributed by atoms with Gasteiger partial charge in [0.05, 0.1) is 31.8 Å². The van der Waals surface area contributed by atoms with Gasteiger partial charge in [-0.25, -0.2) is 23.1 Å². The summed E-state index contributed by atoms with van der Waals surface area (Å²) in [5, 5.41) is 5.62. The van der Waals surface area contributed by atoms with Gasteiger partial charge in [-0.3, -0.25) is 4.39 Å². The zero-order chi connectivity index (χ0) is 29.5. The van der Waals surface area contributed by atoms with Gasteiger partial charge in [-0.15, -0.1) is 0 Å². The van der Waals surface area contributed by atoms with Gasteiger partial charge in [0.2, 0.25) is 0 Å². The molecule has 2 N–H and O–H groups in total. The molecule has 3 amide bonds. The molecule has 224 valence electrons. The summed E-state index contributed by atoms with van der Waals surface area (Å²) in [5.41, 5.74) is 0. The van der Waals surface area contributed by atoms with Crippen LogP contribution in [0.2, 0.25) is 5.02 Å². The summed E-state index contributed by atoms with van der Waals surface area (Å²) in [6, 6.07) is 6.71. The first-order chi connectivity index (χ1) is 18.9. The largest absolute Gasteiger partial charge is 0.446 e. The Hall–Kier alpha value is -2.08. The lowest BCUT2D eigenvalue weighted by atomic mass is 9.88. The molecular formula is C27H46ClFN4O5S. The summed E-state index contributed by atoms with van der Waals surface area (Å²) < 4.78 is 33.6. The summed E-state index contributed by atoms with van der Waals surface area (Å²) in [6.45, 7) is 11.6. The average molecular weight is 593 g/mol. The van der Waals surface area contributed by atoms with E-state index in [0.29, 0.717) is 32.0 Å². The highest BCUT2D eigenvalue weighted by Gasteiger charge is 2.25. The van der Waals surface area contributed by atoms with Crippen LogP contribution in [-0.4, -0.2) is 79.5 Å². The Balaban J connectivity index is 0.000000567. The second-order valence-electron chi connectivity index (χ2n) is 8.41. The highest BCUT2D eigenvalue weighted by Crippen LogP contribution is 2.24. The number of nitrogens with one attached hydrogen (secondary N) is 2. The number of carbonyl (C=O) groups excluding carboxylic acids is 2. The molecule has 0 aromatic heterocycles. The minimum Gasteiger partial charge on any atom is -0.446 e. The molecule has 4 rings (SSSR count). The summed E-state index contributed by atoms with van der Waals surface area (Å²) in [5.74, 6) is 1.06. The molecule has 1 aromatic rings. The fourth-order valence-electron chi connectivity index (χ4n) is 2.86. The van der Waals surface area contributed by atoms with Crippen molar-refractivity contribution in [2.24, 2.45) is 10.9 Å². The van der Waals surface area contributed by atoms with Crippen LogP contribution in [0.3, 0.4) is 0 Å². The number of ether oxygens (including phenoxy) is 2. The van der Waals surface area contributed by atoms with Gasteiger partial charge in [0.1, 0.15) is 17.1 Å². The Bertz CT molecular complexity index is 834. The number of halogens is 2. The Labute approximate surface area is 240 Å². The van der Waals surface area contributed by atoms with E-state index in [1.807, 2.05) is 18.2 Å². The molecule has 1 heterocycles. The number of alkyl carbamates (subject to hydrolysis) is 1. The van der Waals surface area contributed by atoms with Crippen molar-refractivity contribution in [3.8, 4) is 0 Å². The van der Waals surface area contributed by atoms with Crippen LogP contribution in [0.4, 0.5) is 14.0 Å². The zero-order valence-corrected chi connectivity index (χ0v) is 25.5. The number of nitrogens with zero attached hydrogens (tertiary/aromatic N) is 2. The van der Waals surface area contributed by atoms with E-state index in [0.717, 1.165) is 36.7 Å². The van der Waals surface area contributed by atoms with E-state index in [1.54, 1.807) is 31.2 Å². The summed E-state index contributed by atoms with van der Waals surface area (Å²) in [6.07, 6.45) is 7.31. The summed E-state index contributed by atoms with van der Waals surface area (Å²) in [4.78, 5) is 26.1. The average Bonchev–Trinajstić information content (AvgIpc) is 3.77. The van der Waals surface area contributed by atoms with E-state index in [2.05, 4.69) is 22.5 Å². The molecule has 1 aliphatic heterocycles. The topological polar surface area (TPSA) is 109 Å². The van der Waals surface area contributed by atoms with Gasteiger partial charge in [0, 0.05) is 30.9 Å². The van der Waals surface area contributed by atoms with E-state index in [1.165, 1.54) is 25.5 Å². The van der Waals surface area contributed by atoms with Crippen LogP contribution in [0.1, 0.15) is 59.8 Å². The van der Waals surface area contributed by atoms with Crippen LogP contribution in [0.5, 0.6) is 0 Å². The second-order valence-corrected chi connectivity index (χ2v) is 10.3. The van der Waals surface area contributed by atoms with Crippen molar-refractivity contribution < 1.29 is 27.7 Å². The predicted octanol–water partition coefficient (Wildman–Crippen LogP) is 5.79. The Morgan fingerprint density at radius 1 is 1.13 bits per heavy atom. The van der Waals surface area contributed by atoms with Crippen LogP contribution in [0, 0.1) is 5.92 Å². The number of rotatable bonds is 6. The molecule has 0 radical (unpaired) electrons. The lowest BCUT2D eigenvalue weighted by molar-refractivity contribution is 0.0752. The number of benzene rings is 1. The molecule has 39 heavy (non-hydrogen) atoms. The number of morpholine rings is 1. The van der Waals surface area contributed by atoms with Crippen molar-refractivity contribution in [2.45, 2.75) is 70.8 Å². The lowest BCUT2D eigenvalue weighted by Crippen LogP contribution is -2.37. The minimum atomic E-state index is -1.08. The molecule has 1 atom stereocenters. The van der Waals surface area contributed by atoms with Gasteiger partial charge >= 0.3 is 12.1 Å². The van der Waals surface area contributed by atoms with Crippen molar-refractivity contribution in [1.82, 2.24) is 14.9 Å². The molecule has 0 bridgehead atoms. The van der Waals surface area contributed by atoms with E-state index < -0.39 is 23.1 Å². The highest BCUT2D eigenvalue weighted by atomic mass is 35.5. The Morgan fingerprint density at radius 3 is 2.15 bits per heavy atom. The Kier molecular flexibility index (Phi) is 22.5. The smallest absolute Gasteiger partial charge is 0.407 e. The van der Waals surface area contributed by atoms with Gasteiger partial charge in [-0.1, -0.05) is 51.6 Å². The van der Waals surface area contributed by atoms with E-state index >= 15 is 0 Å². The molecule has 1 unspecified atom stereocenters. The number of amides is 3. The first-order valence-electron chi connectivity index (χ1n) is 13.5. The molecule has 3 aliphatic rings. The maximum Gasteiger partial charge on any atom is 0.407 e. The molecule has 9 nitrogen and oxygen atoms in total. The van der Waals surface area contributed by atoms with Crippen LogP contribution < -0.4 is 10.6 Å². The van der Waals surface area contributed by atoms with Gasteiger partial charge in [-0.05, 0) is 49.9 Å². The molecule has 3 fully saturated rings. The normalized spacial score (nSPS) is 17.1. The highest BCUT2D eigenvalue weighted by molar-refractivity contribution is 7.82. The number of hydrogen-bond donors (Lipinski definition) is 2. The number of alkyl halides is 1. The van der Waals surface area contributed by atoms with Crippen molar-refractivity contribution in [2.75, 3.05) is 46.6 Å². The van der Waals surface area contributed by atoms with Gasteiger partial charge < -0.3 is 20.1 Å². The standard InChI is InChI=1S/C10H12ClNO2S.C9H15N3O3.C5H10.C2H6.CH3F/c11-9-1-3-10(4-2-9)15(13)12-5-7-14-8-6-12;1-2-10-8(13)11-5-6-12-9(14)15-7-3-4-7;1-5-3-2-4-5;2*1-2/h1-4H,5-8H2;5,7H,2-4,6H2,1H3,(H,10,13)(H,12,14);5H,2-4H2,1H3;1-2H3;1H3/b;11-5-;;;. The van der Waals surface area contributed by atoms with Gasteiger partial charge in [0.15, 0.2) is 0 Å². The third kappa shape index (κ3) is 18.8. The number of aliphatic imine (C=N–C) groups is 1. The van der Waals surface area contributed by atoms with Crippen LogP contribution in [0.15, 0.2) is 34.2 Å². The second kappa shape index (κ2) is 23.8. The number of urea groups is 1. The summed E-state index contributed by atoms with van der Waals surface area (Å²) in [7, 11) is -0.583. The van der Waals surface area contributed by atoms with Crippen LogP contribution in [-0.2, 0) is 20.5 Å². The molecule has 12 heteroatoms. The fourth-order valence-corrected chi connectivity index (χ4v) is 4.13. The molecule has 0 spiro atoms. The molecule has 1 saturated heterocycles. The third-order valence-electron chi connectivity index (χ3n) is 5.29. The van der Waals surface area contributed by atoms with Crippen LogP contribution >= 0.6 is 11.6 Å². The third-order valence-corrected chi connectivity index (χ3v) is 7.05. The van der Waals surface area contributed by atoms with Crippen molar-refractivity contribution >= 4 is 40.9 Å². The predicted molar refractivity (Wildman–Crippen MR) is 157 cm³/mol. The SMILES string of the molecule is CC.CC1CCC1.CCNC(=O)/N=C\CNC(=O)OC1CC1.CF.O=S(c1ccc(Cl)cc1)N1CCOCC1. The number of carbonyl (C=O) groups is 2. The summed E-state index contributed by atoms with van der Waals surface area (Å²) >= 11 is 5.77. The van der Waals surface area contributed by atoms with Gasteiger partial charge in [0.25, 0.3) is 0 Å². The molecule has 2 aliphatic carbocycles. The quantitative estimate of drug-likeness (QED) is 0.406. The molecule has 2 saturated carbocycles. The van der Waals surface area contributed by atoms with E-state index in [-0.39, 0.29) is 12.6 Å².